The van der Waals surface area contributed by atoms with Crippen LogP contribution in [0.2, 0.25) is 0 Å². The average molecular weight is 453 g/mol. The summed E-state index contributed by atoms with van der Waals surface area (Å²) >= 11 is 0. The van der Waals surface area contributed by atoms with Gasteiger partial charge in [-0.15, -0.1) is 0 Å². The van der Waals surface area contributed by atoms with E-state index < -0.39 is 0 Å². The predicted molar refractivity (Wildman–Crippen MR) is 122 cm³/mol. The lowest BCUT2D eigenvalue weighted by molar-refractivity contribution is 0.0239. The highest BCUT2D eigenvalue weighted by Gasteiger charge is 2.34. The van der Waals surface area contributed by atoms with Crippen LogP contribution >= 0.6 is 0 Å². The number of fused-ring (bicyclic) bond motifs is 3. The standard InChI is InChI=1S/C25H28N2O6/c1-29-18-4-3-17(22(14-18)30-2)13-23-24(28)19-5-6-21-20(25(19)33-23)15-27(16-32-21)8-7-26-9-11-31-12-10-26/h3-6,13-14H,7-12,15-16H2,1-2H3. The SMILES string of the molecule is COc1ccc(C=C2Oc3c(ccc4c3CN(CCN3CCOCC3)CO4)C2=O)c(OC)c1. The Bertz CT molecular complexity index is 1080. The first-order chi connectivity index (χ1) is 16.2. The second-order valence-corrected chi connectivity index (χ2v) is 8.25. The number of benzene rings is 2. The lowest BCUT2D eigenvalue weighted by Crippen LogP contribution is -2.43. The van der Waals surface area contributed by atoms with Crippen molar-refractivity contribution in [1.82, 2.24) is 9.80 Å². The molecule has 0 unspecified atom stereocenters. The van der Waals surface area contributed by atoms with E-state index in [0.717, 1.165) is 56.3 Å². The van der Waals surface area contributed by atoms with Crippen molar-refractivity contribution in [2.45, 2.75) is 6.54 Å². The third-order valence-corrected chi connectivity index (χ3v) is 6.25. The molecular weight excluding hydrogens is 424 g/mol. The van der Waals surface area contributed by atoms with Crippen LogP contribution in [-0.4, -0.2) is 75.9 Å². The number of rotatable bonds is 6. The maximum atomic E-state index is 13.1. The molecule has 8 nitrogen and oxygen atoms in total. The Balaban J connectivity index is 1.35. The molecule has 0 aromatic heterocycles. The van der Waals surface area contributed by atoms with Gasteiger partial charge in [0.15, 0.2) is 5.76 Å². The maximum Gasteiger partial charge on any atom is 0.231 e. The van der Waals surface area contributed by atoms with Crippen LogP contribution in [0.25, 0.3) is 6.08 Å². The topological polar surface area (TPSA) is 69.7 Å². The van der Waals surface area contributed by atoms with Gasteiger partial charge in [-0.1, -0.05) is 0 Å². The molecule has 5 rings (SSSR count). The molecule has 33 heavy (non-hydrogen) atoms. The van der Waals surface area contributed by atoms with E-state index in [2.05, 4.69) is 9.80 Å². The van der Waals surface area contributed by atoms with Gasteiger partial charge >= 0.3 is 0 Å². The first-order valence-electron chi connectivity index (χ1n) is 11.1. The zero-order chi connectivity index (χ0) is 22.8. The van der Waals surface area contributed by atoms with E-state index in [1.807, 2.05) is 18.2 Å². The second-order valence-electron chi connectivity index (χ2n) is 8.25. The number of hydrogen-bond donors (Lipinski definition) is 0. The van der Waals surface area contributed by atoms with E-state index in [0.29, 0.717) is 36.1 Å². The monoisotopic (exact) mass is 452 g/mol. The Morgan fingerprint density at radius 2 is 1.85 bits per heavy atom. The number of morpholine rings is 1. The van der Waals surface area contributed by atoms with Crippen molar-refractivity contribution in [3.8, 4) is 23.0 Å². The first kappa shape index (κ1) is 21.8. The minimum Gasteiger partial charge on any atom is -0.497 e. The molecule has 3 aliphatic rings. The van der Waals surface area contributed by atoms with Gasteiger partial charge in [0.2, 0.25) is 5.78 Å². The van der Waals surface area contributed by atoms with Gasteiger partial charge in [-0.05, 0) is 30.3 Å². The Morgan fingerprint density at radius 3 is 2.64 bits per heavy atom. The van der Waals surface area contributed by atoms with E-state index in [1.54, 1.807) is 32.4 Å². The second kappa shape index (κ2) is 9.43. The molecule has 8 heteroatoms. The van der Waals surface area contributed by atoms with Gasteiger partial charge in [0.05, 0.1) is 38.6 Å². The van der Waals surface area contributed by atoms with Crippen molar-refractivity contribution in [2.24, 2.45) is 0 Å². The number of methoxy groups -OCH3 is 2. The summed E-state index contributed by atoms with van der Waals surface area (Å²) < 4.78 is 28.3. The third-order valence-electron chi connectivity index (χ3n) is 6.25. The number of allylic oxidation sites excluding steroid dienone is 1. The molecule has 0 aliphatic carbocycles. The van der Waals surface area contributed by atoms with Crippen molar-refractivity contribution >= 4 is 11.9 Å². The van der Waals surface area contributed by atoms with Crippen molar-refractivity contribution in [3.05, 3.63) is 52.8 Å². The Hall–Kier alpha value is -3.07. The zero-order valence-electron chi connectivity index (χ0n) is 19.0. The maximum absolute atomic E-state index is 13.1. The summed E-state index contributed by atoms with van der Waals surface area (Å²) in [5.41, 5.74) is 2.22. The third kappa shape index (κ3) is 4.42. The van der Waals surface area contributed by atoms with Gasteiger partial charge in [0, 0.05) is 44.4 Å². The number of hydrogen-bond acceptors (Lipinski definition) is 8. The number of ether oxygens (including phenoxy) is 5. The minimum absolute atomic E-state index is 0.142. The molecule has 2 aromatic rings. The molecule has 0 bridgehead atoms. The molecule has 2 aromatic carbocycles. The minimum atomic E-state index is -0.142. The van der Waals surface area contributed by atoms with Crippen LogP contribution in [0.5, 0.6) is 23.0 Å². The van der Waals surface area contributed by atoms with E-state index in [9.17, 15) is 4.79 Å². The normalized spacial score (nSPS) is 19.6. The van der Waals surface area contributed by atoms with Gasteiger partial charge in [-0.2, -0.15) is 0 Å². The fraction of sp³-hybridized carbons (Fsp3) is 0.400. The summed E-state index contributed by atoms with van der Waals surface area (Å²) in [7, 11) is 3.19. The van der Waals surface area contributed by atoms with E-state index >= 15 is 0 Å². The highest BCUT2D eigenvalue weighted by atomic mass is 16.5. The Morgan fingerprint density at radius 1 is 1.03 bits per heavy atom. The van der Waals surface area contributed by atoms with Crippen LogP contribution in [0.4, 0.5) is 0 Å². The number of carbonyl (C=O) groups is 1. The molecule has 1 saturated heterocycles. The summed E-state index contributed by atoms with van der Waals surface area (Å²) in [5.74, 6) is 2.77. The fourth-order valence-electron chi connectivity index (χ4n) is 4.33. The van der Waals surface area contributed by atoms with Gasteiger partial charge in [0.25, 0.3) is 0 Å². The molecule has 0 spiro atoms. The molecule has 3 heterocycles. The summed E-state index contributed by atoms with van der Waals surface area (Å²) in [6.07, 6.45) is 1.72. The molecule has 0 amide bonds. The zero-order valence-corrected chi connectivity index (χ0v) is 19.0. The smallest absolute Gasteiger partial charge is 0.231 e. The van der Waals surface area contributed by atoms with E-state index in [1.165, 1.54) is 0 Å². The number of carbonyl (C=O) groups excluding carboxylic acids is 1. The number of nitrogens with zero attached hydrogens (tertiary/aromatic N) is 2. The molecular formula is C25H28N2O6. The molecule has 3 aliphatic heterocycles. The summed E-state index contributed by atoms with van der Waals surface area (Å²) in [4.78, 5) is 17.7. The molecule has 0 saturated carbocycles. The van der Waals surface area contributed by atoms with Gasteiger partial charge < -0.3 is 23.7 Å². The van der Waals surface area contributed by atoms with Gasteiger partial charge in [-0.25, -0.2) is 0 Å². The fourth-order valence-corrected chi connectivity index (χ4v) is 4.33. The molecule has 0 atom stereocenters. The predicted octanol–water partition coefficient (Wildman–Crippen LogP) is 2.80. The van der Waals surface area contributed by atoms with Crippen LogP contribution in [0.15, 0.2) is 36.1 Å². The first-order valence-corrected chi connectivity index (χ1v) is 11.1. The summed E-state index contributed by atoms with van der Waals surface area (Å²) in [6.45, 7) is 6.53. The molecule has 0 radical (unpaired) electrons. The van der Waals surface area contributed by atoms with Crippen LogP contribution < -0.4 is 18.9 Å². The molecule has 174 valence electrons. The Kier molecular flexibility index (Phi) is 6.22. The van der Waals surface area contributed by atoms with Crippen LogP contribution in [-0.2, 0) is 11.3 Å². The van der Waals surface area contributed by atoms with E-state index in [4.69, 9.17) is 23.7 Å². The highest BCUT2D eigenvalue weighted by molar-refractivity contribution is 6.15. The lowest BCUT2D eigenvalue weighted by atomic mass is 10.0. The van der Waals surface area contributed by atoms with Crippen molar-refractivity contribution < 1.29 is 28.5 Å². The van der Waals surface area contributed by atoms with Gasteiger partial charge in [-0.3, -0.25) is 14.6 Å². The average Bonchev–Trinajstić information content (AvgIpc) is 3.19. The van der Waals surface area contributed by atoms with Crippen LogP contribution in [0.3, 0.4) is 0 Å². The van der Waals surface area contributed by atoms with E-state index in [-0.39, 0.29) is 11.5 Å². The van der Waals surface area contributed by atoms with Crippen molar-refractivity contribution in [1.29, 1.82) is 0 Å². The van der Waals surface area contributed by atoms with Crippen molar-refractivity contribution in [2.75, 3.05) is 60.3 Å². The van der Waals surface area contributed by atoms with Crippen LogP contribution in [0.1, 0.15) is 21.5 Å². The summed E-state index contributed by atoms with van der Waals surface area (Å²) in [6, 6.07) is 9.10. The highest BCUT2D eigenvalue weighted by Crippen LogP contribution is 2.42. The molecule has 0 N–H and O–H groups in total. The molecule has 1 fully saturated rings. The number of ketones is 1. The number of Topliss-reactive ketones (excluding diaryl/α,β-unsaturated/α-hetero) is 1. The quantitative estimate of drug-likeness (QED) is 0.620. The Labute approximate surface area is 193 Å². The largest absolute Gasteiger partial charge is 0.497 e. The van der Waals surface area contributed by atoms with Crippen LogP contribution in [0, 0.1) is 0 Å². The van der Waals surface area contributed by atoms with Gasteiger partial charge in [0.1, 0.15) is 29.7 Å². The van der Waals surface area contributed by atoms with Crippen molar-refractivity contribution in [3.63, 3.8) is 0 Å². The summed E-state index contributed by atoms with van der Waals surface area (Å²) in [5, 5.41) is 0. The lowest BCUT2D eigenvalue weighted by Gasteiger charge is -2.33.